The van der Waals surface area contributed by atoms with Crippen LogP contribution in [0.15, 0.2) is 60.7 Å². The predicted molar refractivity (Wildman–Crippen MR) is 99.3 cm³/mol. The van der Waals surface area contributed by atoms with Crippen LogP contribution in [0.25, 0.3) is 0 Å². The first-order valence-electron chi connectivity index (χ1n) is 9.17. The largest absolute Gasteiger partial charge is 0.325 e. The minimum Gasteiger partial charge on any atom is -0.322 e. The van der Waals surface area contributed by atoms with Crippen molar-refractivity contribution >= 4 is 11.9 Å². The van der Waals surface area contributed by atoms with Crippen LogP contribution in [0.4, 0.5) is 4.79 Å². The molecule has 0 aliphatic carbocycles. The number of piperidine rings is 1. The van der Waals surface area contributed by atoms with Gasteiger partial charge in [-0.1, -0.05) is 60.7 Å². The monoisotopic (exact) mass is 349 g/mol. The molecule has 2 aliphatic heterocycles. The third kappa shape index (κ3) is 3.35. The lowest BCUT2D eigenvalue weighted by Crippen LogP contribution is -2.47. The van der Waals surface area contributed by atoms with Crippen molar-refractivity contribution in [2.24, 2.45) is 0 Å². The molecule has 2 aromatic carbocycles. The van der Waals surface area contributed by atoms with E-state index in [1.165, 1.54) is 10.5 Å². The molecule has 0 aromatic heterocycles. The van der Waals surface area contributed by atoms with E-state index in [1.807, 2.05) is 36.4 Å². The minimum absolute atomic E-state index is 0.0109. The van der Waals surface area contributed by atoms with Crippen molar-refractivity contribution in [3.05, 3.63) is 71.8 Å². The molecule has 5 nitrogen and oxygen atoms in total. The molecule has 1 unspecified atom stereocenters. The van der Waals surface area contributed by atoms with Crippen molar-refractivity contribution in [3.8, 4) is 0 Å². The Morgan fingerprint density at radius 1 is 0.885 bits per heavy atom. The predicted octanol–water partition coefficient (Wildman–Crippen LogP) is 2.94. The molecular formula is C21H23N3O2. The SMILES string of the molecule is O=C1NC(c2ccccc2)C(=O)N1C1CCN(Cc2ccccc2)CC1. The standard InChI is InChI=1S/C21H23N3O2/c25-20-19(17-9-5-2-6-10-17)22-21(26)24(20)18-11-13-23(14-12-18)15-16-7-3-1-4-8-16/h1-10,18-19H,11-15H2,(H,22,26). The lowest BCUT2D eigenvalue weighted by molar-refractivity contribution is -0.129. The third-order valence-corrected chi connectivity index (χ3v) is 5.28. The second kappa shape index (κ2) is 7.30. The lowest BCUT2D eigenvalue weighted by atomic mass is 10.0. The highest BCUT2D eigenvalue weighted by atomic mass is 16.2. The van der Waals surface area contributed by atoms with E-state index >= 15 is 0 Å². The Kier molecular flexibility index (Phi) is 4.71. The summed E-state index contributed by atoms with van der Waals surface area (Å²) in [5.74, 6) is -0.122. The molecule has 134 valence electrons. The number of nitrogens with zero attached hydrogens (tertiary/aromatic N) is 2. The molecule has 4 rings (SSSR count). The number of likely N-dealkylation sites (tertiary alicyclic amines) is 1. The van der Waals surface area contributed by atoms with Crippen LogP contribution in [-0.4, -0.2) is 40.9 Å². The highest BCUT2D eigenvalue weighted by Crippen LogP contribution is 2.27. The summed E-state index contributed by atoms with van der Waals surface area (Å²) in [4.78, 5) is 29.1. The van der Waals surface area contributed by atoms with Crippen LogP contribution in [0, 0.1) is 0 Å². The molecule has 2 heterocycles. The van der Waals surface area contributed by atoms with Crippen LogP contribution in [0.2, 0.25) is 0 Å². The fourth-order valence-corrected chi connectivity index (χ4v) is 3.89. The van der Waals surface area contributed by atoms with Gasteiger partial charge in [-0.25, -0.2) is 4.79 Å². The van der Waals surface area contributed by atoms with E-state index in [2.05, 4.69) is 34.5 Å². The number of hydrogen-bond donors (Lipinski definition) is 1. The maximum absolute atomic E-state index is 12.8. The van der Waals surface area contributed by atoms with Gasteiger partial charge in [-0.2, -0.15) is 0 Å². The third-order valence-electron chi connectivity index (χ3n) is 5.28. The van der Waals surface area contributed by atoms with Crippen LogP contribution in [0.5, 0.6) is 0 Å². The average Bonchev–Trinajstić information content (AvgIpc) is 2.98. The molecule has 2 saturated heterocycles. The number of rotatable bonds is 4. The van der Waals surface area contributed by atoms with E-state index in [-0.39, 0.29) is 18.0 Å². The van der Waals surface area contributed by atoms with Gasteiger partial charge in [0.05, 0.1) is 0 Å². The number of benzene rings is 2. The van der Waals surface area contributed by atoms with Gasteiger partial charge in [0.15, 0.2) is 0 Å². The summed E-state index contributed by atoms with van der Waals surface area (Å²) in [5, 5.41) is 2.84. The number of urea groups is 1. The molecule has 3 amide bonds. The Balaban J connectivity index is 1.38. The van der Waals surface area contributed by atoms with Gasteiger partial charge in [-0.15, -0.1) is 0 Å². The molecule has 0 radical (unpaired) electrons. The molecule has 0 bridgehead atoms. The van der Waals surface area contributed by atoms with Gasteiger partial charge in [-0.3, -0.25) is 14.6 Å². The van der Waals surface area contributed by atoms with Gasteiger partial charge >= 0.3 is 6.03 Å². The fraction of sp³-hybridized carbons (Fsp3) is 0.333. The number of nitrogens with one attached hydrogen (secondary N) is 1. The molecular weight excluding hydrogens is 326 g/mol. The van der Waals surface area contributed by atoms with Gasteiger partial charge in [0.25, 0.3) is 5.91 Å². The highest BCUT2D eigenvalue weighted by molar-refractivity contribution is 6.05. The van der Waals surface area contributed by atoms with E-state index < -0.39 is 6.04 Å². The first-order valence-corrected chi connectivity index (χ1v) is 9.17. The summed E-state index contributed by atoms with van der Waals surface area (Å²) in [7, 11) is 0. The van der Waals surface area contributed by atoms with Gasteiger partial charge in [-0.05, 0) is 24.0 Å². The minimum atomic E-state index is -0.550. The van der Waals surface area contributed by atoms with Crippen LogP contribution < -0.4 is 5.32 Å². The van der Waals surface area contributed by atoms with Gasteiger partial charge in [0.2, 0.25) is 0 Å². The number of carbonyl (C=O) groups excluding carboxylic acids is 2. The van der Waals surface area contributed by atoms with Gasteiger partial charge in [0.1, 0.15) is 6.04 Å². The van der Waals surface area contributed by atoms with Crippen LogP contribution in [0.1, 0.15) is 30.0 Å². The Labute approximate surface area is 153 Å². The second-order valence-corrected chi connectivity index (χ2v) is 6.99. The summed E-state index contributed by atoms with van der Waals surface area (Å²) in [6.07, 6.45) is 1.65. The van der Waals surface area contributed by atoms with E-state index in [0.717, 1.165) is 38.0 Å². The van der Waals surface area contributed by atoms with E-state index in [1.54, 1.807) is 0 Å². The van der Waals surface area contributed by atoms with Crippen molar-refractivity contribution in [2.75, 3.05) is 13.1 Å². The molecule has 0 spiro atoms. The van der Waals surface area contributed by atoms with Crippen molar-refractivity contribution in [1.82, 2.24) is 15.1 Å². The summed E-state index contributed by atoms with van der Waals surface area (Å²) >= 11 is 0. The summed E-state index contributed by atoms with van der Waals surface area (Å²) in [5.41, 5.74) is 2.14. The van der Waals surface area contributed by atoms with Gasteiger partial charge in [0, 0.05) is 25.7 Å². The van der Waals surface area contributed by atoms with Crippen molar-refractivity contribution < 1.29 is 9.59 Å². The smallest absolute Gasteiger partial charge is 0.322 e. The molecule has 26 heavy (non-hydrogen) atoms. The Bertz CT molecular complexity index is 770. The topological polar surface area (TPSA) is 52.7 Å². The van der Waals surface area contributed by atoms with Crippen molar-refractivity contribution in [3.63, 3.8) is 0 Å². The van der Waals surface area contributed by atoms with Crippen LogP contribution in [0.3, 0.4) is 0 Å². The molecule has 0 saturated carbocycles. The first-order chi connectivity index (χ1) is 12.7. The van der Waals surface area contributed by atoms with Crippen LogP contribution in [-0.2, 0) is 11.3 Å². The molecule has 5 heteroatoms. The first kappa shape index (κ1) is 16.8. The fourth-order valence-electron chi connectivity index (χ4n) is 3.89. The number of carbonyl (C=O) groups is 2. The summed E-state index contributed by atoms with van der Waals surface area (Å²) in [6.45, 7) is 2.71. The van der Waals surface area contributed by atoms with Crippen LogP contribution >= 0.6 is 0 Å². The zero-order valence-corrected chi connectivity index (χ0v) is 14.7. The van der Waals surface area contributed by atoms with Gasteiger partial charge < -0.3 is 5.32 Å². The van der Waals surface area contributed by atoms with Crippen molar-refractivity contribution in [2.45, 2.75) is 31.5 Å². The normalized spacial score (nSPS) is 21.8. The molecule has 2 aliphatic rings. The van der Waals surface area contributed by atoms with Crippen molar-refractivity contribution in [1.29, 1.82) is 0 Å². The quantitative estimate of drug-likeness (QED) is 0.864. The maximum atomic E-state index is 12.8. The number of amides is 3. The second-order valence-electron chi connectivity index (χ2n) is 6.99. The Hall–Kier alpha value is -2.66. The molecule has 2 aromatic rings. The zero-order valence-electron chi connectivity index (χ0n) is 14.7. The summed E-state index contributed by atoms with van der Waals surface area (Å²) in [6, 6.07) is 19.0. The van der Waals surface area contributed by atoms with E-state index in [9.17, 15) is 9.59 Å². The van der Waals surface area contributed by atoms with E-state index in [0.29, 0.717) is 0 Å². The Morgan fingerprint density at radius 3 is 2.15 bits per heavy atom. The van der Waals surface area contributed by atoms with E-state index in [4.69, 9.17) is 0 Å². The molecule has 1 N–H and O–H groups in total. The highest BCUT2D eigenvalue weighted by Gasteiger charge is 2.43. The number of imide groups is 1. The lowest BCUT2D eigenvalue weighted by Gasteiger charge is -2.35. The zero-order chi connectivity index (χ0) is 17.9. The molecule has 1 atom stereocenters. The number of hydrogen-bond acceptors (Lipinski definition) is 3. The maximum Gasteiger partial charge on any atom is 0.325 e. The Morgan fingerprint density at radius 2 is 1.50 bits per heavy atom. The average molecular weight is 349 g/mol. The summed E-state index contributed by atoms with van der Waals surface area (Å²) < 4.78 is 0. The molecule has 2 fully saturated rings.